The van der Waals surface area contributed by atoms with E-state index in [1.807, 2.05) is 0 Å². The van der Waals surface area contributed by atoms with Gasteiger partial charge < -0.3 is 4.42 Å². The van der Waals surface area contributed by atoms with Crippen molar-refractivity contribution < 1.29 is 14.1 Å². The molecule has 0 saturated heterocycles. The summed E-state index contributed by atoms with van der Waals surface area (Å²) in [7, 11) is 0. The first-order valence-corrected chi connectivity index (χ1v) is 6.37. The number of non-ortho nitro benzene ring substituents is 1. The van der Waals surface area contributed by atoms with E-state index in [4.69, 9.17) is 4.42 Å². The van der Waals surface area contributed by atoms with Gasteiger partial charge in [0.05, 0.1) is 16.4 Å². The van der Waals surface area contributed by atoms with Gasteiger partial charge in [0.15, 0.2) is 5.78 Å². The van der Waals surface area contributed by atoms with Gasteiger partial charge in [0.25, 0.3) is 10.9 Å². The molecule has 19 heavy (non-hydrogen) atoms. The van der Waals surface area contributed by atoms with Crippen LogP contribution >= 0.6 is 11.8 Å². The summed E-state index contributed by atoms with van der Waals surface area (Å²) in [6, 6.07) is 5.52. The number of nitrogens with zero attached hydrogens (tertiary/aromatic N) is 2. The van der Waals surface area contributed by atoms with Gasteiger partial charge in [-0.3, -0.25) is 14.9 Å². The molecule has 7 heteroatoms. The summed E-state index contributed by atoms with van der Waals surface area (Å²) in [5.74, 6) is 0.0494. The minimum absolute atomic E-state index is 0.0347. The van der Waals surface area contributed by atoms with Crippen LogP contribution in [0.1, 0.15) is 16.1 Å². The zero-order valence-corrected chi connectivity index (χ0v) is 10.8. The highest BCUT2D eigenvalue weighted by atomic mass is 32.2. The fourth-order valence-corrected chi connectivity index (χ4v) is 2.12. The molecule has 0 aliphatic heterocycles. The number of thioether (sulfide) groups is 1. The molecule has 0 aliphatic rings. The van der Waals surface area contributed by atoms with E-state index in [-0.39, 0.29) is 17.2 Å². The van der Waals surface area contributed by atoms with Crippen LogP contribution in [-0.4, -0.2) is 21.4 Å². The van der Waals surface area contributed by atoms with Crippen LogP contribution < -0.4 is 0 Å². The molecule has 98 valence electrons. The molecule has 0 spiro atoms. The van der Waals surface area contributed by atoms with Gasteiger partial charge in [0.2, 0.25) is 0 Å². The molecule has 2 aromatic rings. The third-order valence-corrected chi connectivity index (χ3v) is 3.17. The molecule has 1 heterocycles. The van der Waals surface area contributed by atoms with Crippen molar-refractivity contribution in [3.8, 4) is 0 Å². The lowest BCUT2D eigenvalue weighted by Gasteiger charge is -1.98. The number of carbonyl (C=O) groups excluding carboxylic acids is 1. The predicted molar refractivity (Wildman–Crippen MR) is 69.4 cm³/mol. The predicted octanol–water partition coefficient (Wildman–Crippen LogP) is 2.87. The van der Waals surface area contributed by atoms with Gasteiger partial charge in [-0.15, -0.1) is 0 Å². The third kappa shape index (κ3) is 3.41. The van der Waals surface area contributed by atoms with E-state index in [0.29, 0.717) is 10.8 Å². The summed E-state index contributed by atoms with van der Waals surface area (Å²) in [5.41, 5.74) is 1.15. The van der Waals surface area contributed by atoms with Crippen molar-refractivity contribution in [3.05, 3.63) is 51.9 Å². The molecule has 1 aromatic heterocycles. The number of Topliss-reactive ketones (excluding diaryl/α,β-unsaturated/α-hetero) is 1. The number of nitro benzene ring substituents is 1. The largest absolute Gasteiger partial charge is 0.440 e. The Hall–Kier alpha value is -2.15. The molecule has 0 unspecified atom stereocenters. The molecule has 2 rings (SSSR count). The fraction of sp³-hybridized carbons (Fsp3) is 0.167. The lowest BCUT2D eigenvalue weighted by Crippen LogP contribution is -2.02. The number of hydrogen-bond acceptors (Lipinski definition) is 6. The van der Waals surface area contributed by atoms with Crippen LogP contribution in [-0.2, 0) is 0 Å². The van der Waals surface area contributed by atoms with E-state index < -0.39 is 4.92 Å². The molecule has 0 aliphatic carbocycles. The maximum absolute atomic E-state index is 11.8. The second kappa shape index (κ2) is 5.66. The number of benzene rings is 1. The van der Waals surface area contributed by atoms with Crippen LogP contribution in [0.5, 0.6) is 0 Å². The molecule has 6 nitrogen and oxygen atoms in total. The highest BCUT2D eigenvalue weighted by molar-refractivity contribution is 7.99. The van der Waals surface area contributed by atoms with E-state index in [2.05, 4.69) is 4.98 Å². The SMILES string of the molecule is Cc1coc(SCC(=O)c2ccc([N+](=O)[O-])cc2)n1. The van der Waals surface area contributed by atoms with E-state index in [1.165, 1.54) is 42.3 Å². The van der Waals surface area contributed by atoms with Crippen molar-refractivity contribution in [3.63, 3.8) is 0 Å². The van der Waals surface area contributed by atoms with Gasteiger partial charge in [0.1, 0.15) is 6.26 Å². The van der Waals surface area contributed by atoms with E-state index in [9.17, 15) is 14.9 Å². The van der Waals surface area contributed by atoms with Crippen molar-refractivity contribution in [1.29, 1.82) is 0 Å². The van der Waals surface area contributed by atoms with Crippen LogP contribution in [0.2, 0.25) is 0 Å². The lowest BCUT2D eigenvalue weighted by molar-refractivity contribution is -0.384. The average Bonchev–Trinajstić information content (AvgIpc) is 2.82. The monoisotopic (exact) mass is 278 g/mol. The van der Waals surface area contributed by atoms with Gasteiger partial charge in [-0.05, 0) is 19.1 Å². The van der Waals surface area contributed by atoms with Crippen molar-refractivity contribution in [2.24, 2.45) is 0 Å². The first-order valence-electron chi connectivity index (χ1n) is 5.39. The average molecular weight is 278 g/mol. The van der Waals surface area contributed by atoms with Crippen LogP contribution in [0.25, 0.3) is 0 Å². The topological polar surface area (TPSA) is 86.2 Å². The quantitative estimate of drug-likeness (QED) is 0.362. The molecular formula is C12H10N2O4S. The summed E-state index contributed by atoms with van der Waals surface area (Å²) < 4.78 is 5.11. The van der Waals surface area contributed by atoms with E-state index >= 15 is 0 Å². The number of nitro groups is 1. The van der Waals surface area contributed by atoms with Crippen molar-refractivity contribution in [2.45, 2.75) is 12.1 Å². The van der Waals surface area contributed by atoms with Gasteiger partial charge in [-0.1, -0.05) is 11.8 Å². The third-order valence-electron chi connectivity index (χ3n) is 2.32. The van der Waals surface area contributed by atoms with Crippen molar-refractivity contribution in [1.82, 2.24) is 4.98 Å². The Morgan fingerprint density at radius 3 is 2.63 bits per heavy atom. The summed E-state index contributed by atoms with van der Waals surface area (Å²) in [5, 5.41) is 10.9. The number of ketones is 1. The summed E-state index contributed by atoms with van der Waals surface area (Å²) >= 11 is 1.19. The molecule has 0 N–H and O–H groups in total. The Kier molecular flexibility index (Phi) is 3.96. The van der Waals surface area contributed by atoms with Crippen LogP contribution in [0, 0.1) is 17.0 Å². The van der Waals surface area contributed by atoms with Gasteiger partial charge in [0, 0.05) is 17.7 Å². The van der Waals surface area contributed by atoms with Crippen molar-refractivity contribution >= 4 is 23.2 Å². The zero-order chi connectivity index (χ0) is 13.8. The Morgan fingerprint density at radius 2 is 2.11 bits per heavy atom. The summed E-state index contributed by atoms with van der Waals surface area (Å²) in [6.07, 6.45) is 1.51. The standard InChI is InChI=1S/C12H10N2O4S/c1-8-6-18-12(13-8)19-7-11(15)9-2-4-10(5-3-9)14(16)17/h2-6H,7H2,1H3. The Labute approximate surface area is 113 Å². The maximum Gasteiger partial charge on any atom is 0.269 e. The minimum Gasteiger partial charge on any atom is -0.440 e. The number of aromatic nitrogens is 1. The van der Waals surface area contributed by atoms with Gasteiger partial charge in [-0.2, -0.15) is 0 Å². The Morgan fingerprint density at radius 1 is 1.42 bits per heavy atom. The number of rotatable bonds is 5. The Bertz CT molecular complexity index is 606. The van der Waals surface area contributed by atoms with Crippen molar-refractivity contribution in [2.75, 3.05) is 5.75 Å². The molecular weight excluding hydrogens is 268 g/mol. The minimum atomic E-state index is -0.501. The summed E-state index contributed by atoms with van der Waals surface area (Å²) in [6.45, 7) is 1.80. The van der Waals surface area contributed by atoms with E-state index in [1.54, 1.807) is 6.92 Å². The molecule has 0 radical (unpaired) electrons. The van der Waals surface area contributed by atoms with Gasteiger partial charge in [-0.25, -0.2) is 4.98 Å². The first kappa shape index (κ1) is 13.3. The normalized spacial score (nSPS) is 10.4. The molecule has 0 atom stereocenters. The second-order valence-electron chi connectivity index (χ2n) is 3.77. The highest BCUT2D eigenvalue weighted by Crippen LogP contribution is 2.19. The van der Waals surface area contributed by atoms with Gasteiger partial charge >= 0.3 is 0 Å². The maximum atomic E-state index is 11.8. The van der Waals surface area contributed by atoms with Crippen LogP contribution in [0.15, 0.2) is 40.2 Å². The Balaban J connectivity index is 1.98. The summed E-state index contributed by atoms with van der Waals surface area (Å²) in [4.78, 5) is 25.9. The molecule has 0 fully saturated rings. The molecule has 0 saturated carbocycles. The number of aryl methyl sites for hydroxylation is 1. The second-order valence-corrected chi connectivity index (χ2v) is 4.70. The zero-order valence-electron chi connectivity index (χ0n) is 10.0. The van der Waals surface area contributed by atoms with Crippen LogP contribution in [0.4, 0.5) is 5.69 Å². The highest BCUT2D eigenvalue weighted by Gasteiger charge is 2.11. The number of hydrogen-bond donors (Lipinski definition) is 0. The van der Waals surface area contributed by atoms with Crippen LogP contribution in [0.3, 0.4) is 0 Å². The smallest absolute Gasteiger partial charge is 0.269 e. The number of oxazole rings is 1. The molecule has 0 bridgehead atoms. The van der Waals surface area contributed by atoms with E-state index in [0.717, 1.165) is 5.69 Å². The first-order chi connectivity index (χ1) is 9.06. The lowest BCUT2D eigenvalue weighted by atomic mass is 10.1. The molecule has 1 aromatic carbocycles. The number of carbonyl (C=O) groups is 1. The molecule has 0 amide bonds. The fourth-order valence-electron chi connectivity index (χ4n) is 1.38.